The Morgan fingerprint density at radius 3 is 2.21 bits per heavy atom. The van der Waals surface area contributed by atoms with Gasteiger partial charge in [-0.2, -0.15) is 0 Å². The van der Waals surface area contributed by atoms with E-state index in [0.29, 0.717) is 0 Å². The van der Waals surface area contributed by atoms with E-state index in [1.54, 1.807) is 26.0 Å². The van der Waals surface area contributed by atoms with Crippen molar-refractivity contribution < 1.29 is 28.5 Å². The van der Waals surface area contributed by atoms with Gasteiger partial charge < -0.3 is 20.1 Å². The number of β-lactam (4-membered cyclic amide) rings is 1. The van der Waals surface area contributed by atoms with Gasteiger partial charge in [-0.3, -0.25) is 13.8 Å². The molecule has 9 heteroatoms. The molecule has 2 heterocycles. The molecule has 0 bridgehead atoms. The fourth-order valence-corrected chi connectivity index (χ4v) is 5.22. The number of ketones is 1. The molecule has 0 aromatic heterocycles. The summed E-state index contributed by atoms with van der Waals surface area (Å²) in [4.78, 5) is 46.5. The van der Waals surface area contributed by atoms with Crippen molar-refractivity contribution in [3.05, 3.63) is 35.9 Å². The van der Waals surface area contributed by atoms with E-state index in [1.807, 2.05) is 18.2 Å². The van der Waals surface area contributed by atoms with Gasteiger partial charge in [0.2, 0.25) is 11.8 Å². The zero-order chi connectivity index (χ0) is 21.2. The van der Waals surface area contributed by atoms with Crippen LogP contribution in [-0.4, -0.2) is 60.0 Å². The van der Waals surface area contributed by atoms with Gasteiger partial charge in [0.05, 0.1) is 22.0 Å². The van der Waals surface area contributed by atoms with Gasteiger partial charge in [-0.25, -0.2) is 4.79 Å². The minimum Gasteiger partial charge on any atom is -0.480 e. The van der Waals surface area contributed by atoms with Crippen molar-refractivity contribution >= 4 is 34.4 Å². The van der Waals surface area contributed by atoms with Crippen LogP contribution in [0.5, 0.6) is 0 Å². The summed E-state index contributed by atoms with van der Waals surface area (Å²) in [5.74, 6) is -1.86. The molecule has 2 fully saturated rings. The summed E-state index contributed by atoms with van der Waals surface area (Å²) in [6.07, 6.45) is 0.107. The SMILES string of the molecule is CC(C)=O.CC1(C)[C@H](C(=O)O)N2C(=O)[C@@H](NC(=O)Cc3ccccc3)[C@H]2[S@]1=O. The third-order valence-corrected chi connectivity index (χ3v) is 6.71. The van der Waals surface area contributed by atoms with Crippen molar-refractivity contribution in [2.24, 2.45) is 0 Å². The number of hydrogen-bond donors (Lipinski definition) is 2. The second-order valence-corrected chi connectivity index (χ2v) is 9.52. The number of carbonyl (C=O) groups is 4. The van der Waals surface area contributed by atoms with Crippen LogP contribution >= 0.6 is 0 Å². The maximum absolute atomic E-state index is 12.6. The summed E-state index contributed by atoms with van der Waals surface area (Å²) in [7, 11) is -1.58. The van der Waals surface area contributed by atoms with E-state index in [2.05, 4.69) is 5.32 Å². The standard InChI is InChI=1S/C16H18N2O5S.C3H6O/c1-16(2)12(15(21)22)18-13(20)11(14(18)24(16)23)17-10(19)8-9-6-4-3-5-7-9;1-3(2)4/h3-7,11-12,14H,8H2,1-2H3,(H,17,19)(H,21,22);1-2H3/t11-,12+,14-,24-;/m1./s1. The second-order valence-electron chi connectivity index (χ2n) is 7.39. The molecule has 0 unspecified atom stereocenters. The summed E-state index contributed by atoms with van der Waals surface area (Å²) in [5, 5.41) is 11.2. The number of benzene rings is 1. The Morgan fingerprint density at radius 1 is 1.18 bits per heavy atom. The van der Waals surface area contributed by atoms with Gasteiger partial charge in [-0.05, 0) is 33.3 Å². The molecule has 2 amide bonds. The number of fused-ring (bicyclic) bond motifs is 1. The summed E-state index contributed by atoms with van der Waals surface area (Å²) in [5.41, 5.74) is 0.801. The van der Waals surface area contributed by atoms with Crippen molar-refractivity contribution in [3.8, 4) is 0 Å². The van der Waals surface area contributed by atoms with Crippen LogP contribution in [-0.2, 0) is 36.4 Å². The summed E-state index contributed by atoms with van der Waals surface area (Å²) >= 11 is 0. The van der Waals surface area contributed by atoms with Crippen molar-refractivity contribution in [3.63, 3.8) is 0 Å². The van der Waals surface area contributed by atoms with Crippen LogP contribution in [0.15, 0.2) is 30.3 Å². The van der Waals surface area contributed by atoms with Crippen LogP contribution in [0, 0.1) is 0 Å². The van der Waals surface area contributed by atoms with E-state index in [-0.39, 0.29) is 18.1 Å². The van der Waals surface area contributed by atoms with Crippen LogP contribution in [0.4, 0.5) is 0 Å². The smallest absolute Gasteiger partial charge is 0.328 e. The van der Waals surface area contributed by atoms with Crippen LogP contribution < -0.4 is 5.32 Å². The molecule has 0 radical (unpaired) electrons. The highest BCUT2D eigenvalue weighted by molar-refractivity contribution is 7.87. The number of Topliss-reactive ketones (excluding diaryl/α,β-unsaturated/α-hetero) is 1. The Hall–Kier alpha value is -2.55. The molecule has 1 aromatic rings. The first-order valence-electron chi connectivity index (χ1n) is 8.74. The molecule has 2 saturated heterocycles. The Balaban J connectivity index is 0.000000640. The molecule has 0 saturated carbocycles. The van der Waals surface area contributed by atoms with Gasteiger partial charge in [0, 0.05) is 0 Å². The number of carboxylic acid groups (broad SMARTS) is 1. The van der Waals surface area contributed by atoms with Gasteiger partial charge in [0.1, 0.15) is 23.2 Å². The molecule has 1 aromatic carbocycles. The molecule has 4 atom stereocenters. The third kappa shape index (κ3) is 4.14. The van der Waals surface area contributed by atoms with Crippen LogP contribution in [0.1, 0.15) is 33.3 Å². The maximum atomic E-state index is 12.6. The first-order chi connectivity index (χ1) is 13.0. The number of nitrogens with one attached hydrogen (secondary N) is 1. The summed E-state index contributed by atoms with van der Waals surface area (Å²) < 4.78 is 11.5. The Bertz CT molecular complexity index is 819. The molecule has 2 N–H and O–H groups in total. The van der Waals surface area contributed by atoms with Gasteiger partial charge in [0.25, 0.3) is 0 Å². The summed E-state index contributed by atoms with van der Waals surface area (Å²) in [6, 6.07) is 6.99. The van der Waals surface area contributed by atoms with E-state index in [1.165, 1.54) is 13.8 Å². The lowest BCUT2D eigenvalue weighted by molar-refractivity contribution is -0.161. The highest BCUT2D eigenvalue weighted by atomic mass is 32.2. The van der Waals surface area contributed by atoms with E-state index < -0.39 is 44.9 Å². The first kappa shape index (κ1) is 21.7. The van der Waals surface area contributed by atoms with Crippen LogP contribution in [0.25, 0.3) is 0 Å². The number of carbonyl (C=O) groups excluding carboxylic acids is 3. The quantitative estimate of drug-likeness (QED) is 0.699. The summed E-state index contributed by atoms with van der Waals surface area (Å²) in [6.45, 7) is 6.19. The first-order valence-corrected chi connectivity index (χ1v) is 9.96. The lowest BCUT2D eigenvalue weighted by atomic mass is 9.96. The highest BCUT2D eigenvalue weighted by Crippen LogP contribution is 2.43. The van der Waals surface area contributed by atoms with Crippen molar-refractivity contribution in [1.29, 1.82) is 0 Å². The van der Waals surface area contributed by atoms with E-state index >= 15 is 0 Å². The predicted octanol–water partition coefficient (Wildman–Crippen LogP) is 0.472. The van der Waals surface area contributed by atoms with Gasteiger partial charge in [-0.15, -0.1) is 0 Å². The molecule has 2 aliphatic heterocycles. The Kier molecular flexibility index (Phi) is 6.38. The lowest BCUT2D eigenvalue weighted by Crippen LogP contribution is -2.71. The van der Waals surface area contributed by atoms with Crippen molar-refractivity contribution in [2.45, 2.75) is 56.3 Å². The minimum atomic E-state index is -1.58. The molecule has 0 spiro atoms. The minimum absolute atomic E-state index is 0.107. The van der Waals surface area contributed by atoms with E-state index in [4.69, 9.17) is 0 Å². The molecule has 8 nitrogen and oxygen atoms in total. The number of hydrogen-bond acceptors (Lipinski definition) is 5. The monoisotopic (exact) mass is 408 g/mol. The molecule has 3 rings (SSSR count). The lowest BCUT2D eigenvalue weighted by Gasteiger charge is -2.43. The molecular formula is C19H24N2O6S. The molecule has 0 aliphatic carbocycles. The van der Waals surface area contributed by atoms with E-state index in [9.17, 15) is 28.5 Å². The Labute approximate surface area is 165 Å². The van der Waals surface area contributed by atoms with Gasteiger partial charge in [0.15, 0.2) is 0 Å². The second kappa shape index (κ2) is 8.22. The van der Waals surface area contributed by atoms with Crippen LogP contribution in [0.3, 0.4) is 0 Å². The normalized spacial score (nSPS) is 27.0. The highest BCUT2D eigenvalue weighted by Gasteiger charge is 2.68. The van der Waals surface area contributed by atoms with E-state index in [0.717, 1.165) is 10.5 Å². The maximum Gasteiger partial charge on any atom is 0.328 e. The number of amides is 2. The predicted molar refractivity (Wildman–Crippen MR) is 103 cm³/mol. The fraction of sp³-hybridized carbons (Fsp3) is 0.474. The van der Waals surface area contributed by atoms with Gasteiger partial charge in [-0.1, -0.05) is 30.3 Å². The topological polar surface area (TPSA) is 121 Å². The van der Waals surface area contributed by atoms with Crippen LogP contribution in [0.2, 0.25) is 0 Å². The average molecular weight is 408 g/mol. The average Bonchev–Trinajstić information content (AvgIpc) is 2.78. The van der Waals surface area contributed by atoms with Crippen molar-refractivity contribution in [1.82, 2.24) is 10.2 Å². The zero-order valence-electron chi connectivity index (χ0n) is 16.2. The number of carboxylic acids is 1. The molecule has 2 aliphatic rings. The largest absolute Gasteiger partial charge is 0.480 e. The Morgan fingerprint density at radius 2 is 1.71 bits per heavy atom. The molecule has 152 valence electrons. The molecule has 28 heavy (non-hydrogen) atoms. The molecular weight excluding hydrogens is 384 g/mol. The number of aliphatic carboxylic acids is 1. The number of rotatable bonds is 4. The third-order valence-electron chi connectivity index (χ3n) is 4.51. The number of nitrogens with zero attached hydrogens (tertiary/aromatic N) is 1. The zero-order valence-corrected chi connectivity index (χ0v) is 17.0. The van der Waals surface area contributed by atoms with Crippen molar-refractivity contribution in [2.75, 3.05) is 0 Å². The fourth-order valence-electron chi connectivity index (χ4n) is 3.30. The van der Waals surface area contributed by atoms with Gasteiger partial charge >= 0.3 is 5.97 Å².